The van der Waals surface area contributed by atoms with Gasteiger partial charge in [-0.1, -0.05) is 5.16 Å². The molecule has 0 saturated carbocycles. The number of nitrogens with two attached hydrogens (primary N) is 1. The summed E-state index contributed by atoms with van der Waals surface area (Å²) in [7, 11) is 0. The molecule has 2 atom stereocenters. The minimum atomic E-state index is -1.32. The van der Waals surface area contributed by atoms with Crippen LogP contribution in [0.5, 0.6) is 0 Å². The number of rotatable bonds is 8. The largest absolute Gasteiger partial charge is 1.00 e. The van der Waals surface area contributed by atoms with Crippen LogP contribution in [0, 0.1) is 0 Å². The molecule has 0 spiro atoms. The Bertz CT molecular complexity index is 1000. The number of amides is 2. The minimum absolute atomic E-state index is 0. The number of nitrogens with one attached hydrogen (secondary N) is 1. The summed E-state index contributed by atoms with van der Waals surface area (Å²) in [6.45, 7) is 2.88. The summed E-state index contributed by atoms with van der Waals surface area (Å²) in [5.74, 6) is -2.96. The van der Waals surface area contributed by atoms with Crippen molar-refractivity contribution in [3.8, 4) is 0 Å². The first-order valence-corrected chi connectivity index (χ1v) is 10.9. The number of ether oxygens (including phenoxy) is 1. The van der Waals surface area contributed by atoms with Gasteiger partial charge in [-0.15, -0.1) is 23.1 Å². The summed E-state index contributed by atoms with van der Waals surface area (Å²) in [4.78, 5) is 58.3. The Morgan fingerprint density at radius 3 is 2.75 bits per heavy atom. The van der Waals surface area contributed by atoms with E-state index < -0.39 is 35.2 Å². The van der Waals surface area contributed by atoms with Gasteiger partial charge in [0.25, 0.3) is 11.8 Å². The molecule has 1 aromatic rings. The number of aromatic nitrogens is 1. The normalized spacial score (nSPS) is 20.0. The molecular formula is C17H20N5NaO7S2. The molecule has 0 aliphatic carbocycles. The van der Waals surface area contributed by atoms with E-state index in [2.05, 4.69) is 15.5 Å². The molecule has 4 N–H and O–H groups in total. The molecule has 0 bridgehead atoms. The second kappa shape index (κ2) is 11.1. The van der Waals surface area contributed by atoms with Crippen molar-refractivity contribution in [2.75, 3.05) is 24.7 Å². The number of aliphatic carboxylic acids is 1. The van der Waals surface area contributed by atoms with Crippen molar-refractivity contribution in [2.24, 2.45) is 5.16 Å². The Morgan fingerprint density at radius 1 is 1.47 bits per heavy atom. The first-order valence-electron chi connectivity index (χ1n) is 9.00. The maximum absolute atomic E-state index is 12.8. The Balaban J connectivity index is 0.00000272. The summed E-state index contributed by atoms with van der Waals surface area (Å²) in [6, 6.07) is -0.968. The number of anilines is 1. The monoisotopic (exact) mass is 493 g/mol. The van der Waals surface area contributed by atoms with Gasteiger partial charge in [-0.2, -0.15) is 0 Å². The number of carbonyl (C=O) groups is 4. The number of oxime groups is 1. The minimum Gasteiger partial charge on any atom is -1.00 e. The zero-order chi connectivity index (χ0) is 22.7. The van der Waals surface area contributed by atoms with Crippen molar-refractivity contribution in [3.63, 3.8) is 0 Å². The smallest absolute Gasteiger partial charge is 1.00 e. The first-order chi connectivity index (χ1) is 14.7. The summed E-state index contributed by atoms with van der Waals surface area (Å²) in [6.07, 6.45) is 0. The SMILES string of the molecule is CCO/N=C(\C(=O)N[C@@H]1C(=O)N2C(C(=O)O)=C(COC(C)=O)CS[C@H]12)c1csc(N)n1.[H-].[Na+]. The van der Waals surface area contributed by atoms with Crippen molar-refractivity contribution in [3.05, 3.63) is 22.3 Å². The maximum Gasteiger partial charge on any atom is 1.00 e. The van der Waals surface area contributed by atoms with Crippen LogP contribution in [0.4, 0.5) is 5.13 Å². The standard InChI is InChI=1S/C17H19N5O7S2.Na.H/c1-3-29-21-10(9-6-31-17(18)19-9)13(24)20-11-14(25)22-12(16(26)27)8(4-28-7(2)23)5-30-15(11)22;;/h6,11,15H,3-5H2,1-2H3,(H2,18,19)(H,20,24)(H,26,27);;/q;+1;-1/b21-10-;;/t11-,15-;;/m1../s1. The van der Waals surface area contributed by atoms with Gasteiger partial charge in [-0.3, -0.25) is 19.3 Å². The number of esters is 1. The number of hydrogen-bond acceptors (Lipinski definition) is 11. The van der Waals surface area contributed by atoms with Crippen molar-refractivity contribution < 1.29 is 64.8 Å². The molecule has 2 aliphatic rings. The van der Waals surface area contributed by atoms with Crippen LogP contribution in [-0.2, 0) is 28.8 Å². The number of carboxylic acid groups (broad SMARTS) is 1. The second-order valence-electron chi connectivity index (χ2n) is 6.33. The third-order valence-electron chi connectivity index (χ3n) is 4.25. The number of hydrogen-bond donors (Lipinski definition) is 3. The van der Waals surface area contributed by atoms with Crippen LogP contribution in [0.1, 0.15) is 21.0 Å². The molecule has 12 nitrogen and oxygen atoms in total. The van der Waals surface area contributed by atoms with E-state index in [0.717, 1.165) is 16.2 Å². The number of carbonyl (C=O) groups excluding carboxylic acids is 3. The second-order valence-corrected chi connectivity index (χ2v) is 8.32. The molecule has 2 aliphatic heterocycles. The molecule has 2 amide bonds. The molecule has 168 valence electrons. The van der Waals surface area contributed by atoms with E-state index in [1.54, 1.807) is 6.92 Å². The average molecular weight is 493 g/mol. The van der Waals surface area contributed by atoms with Crippen molar-refractivity contribution in [2.45, 2.75) is 25.3 Å². The van der Waals surface area contributed by atoms with Gasteiger partial charge in [-0.05, 0) is 6.92 Å². The quantitative estimate of drug-likeness (QED) is 0.111. The van der Waals surface area contributed by atoms with Gasteiger partial charge < -0.3 is 27.2 Å². The summed E-state index contributed by atoms with van der Waals surface area (Å²) in [5.41, 5.74) is 5.73. The van der Waals surface area contributed by atoms with E-state index in [4.69, 9.17) is 15.3 Å². The Hall–Kier alpha value is -2.13. The molecular weight excluding hydrogens is 473 g/mol. The van der Waals surface area contributed by atoms with Gasteiger partial charge in [0.15, 0.2) is 10.8 Å². The van der Waals surface area contributed by atoms with E-state index in [1.165, 1.54) is 24.1 Å². The van der Waals surface area contributed by atoms with Crippen molar-refractivity contribution >= 4 is 57.7 Å². The van der Waals surface area contributed by atoms with Gasteiger partial charge in [0.2, 0.25) is 0 Å². The number of nitrogen functional groups attached to an aromatic ring is 1. The van der Waals surface area contributed by atoms with Gasteiger partial charge in [0, 0.05) is 23.6 Å². The van der Waals surface area contributed by atoms with Crippen LogP contribution >= 0.6 is 23.1 Å². The van der Waals surface area contributed by atoms with E-state index >= 15 is 0 Å². The fraction of sp³-hybridized carbons (Fsp3) is 0.412. The number of carboxylic acids is 1. The van der Waals surface area contributed by atoms with E-state index in [0.29, 0.717) is 5.57 Å². The van der Waals surface area contributed by atoms with Crippen molar-refractivity contribution in [1.82, 2.24) is 15.2 Å². The summed E-state index contributed by atoms with van der Waals surface area (Å²) >= 11 is 2.37. The van der Waals surface area contributed by atoms with Crippen molar-refractivity contribution in [1.29, 1.82) is 0 Å². The van der Waals surface area contributed by atoms with Gasteiger partial charge in [0.1, 0.15) is 36.0 Å². The Kier molecular flexibility index (Phi) is 9.09. The number of thioether (sulfide) groups is 1. The molecule has 0 aromatic carbocycles. The predicted molar refractivity (Wildman–Crippen MR) is 112 cm³/mol. The Morgan fingerprint density at radius 2 is 2.19 bits per heavy atom. The zero-order valence-corrected chi connectivity index (χ0v) is 21.1. The van der Waals surface area contributed by atoms with E-state index in [1.807, 2.05) is 0 Å². The third kappa shape index (κ3) is 5.43. The fourth-order valence-corrected chi connectivity index (χ4v) is 4.80. The molecule has 3 rings (SSSR count). The molecule has 1 fully saturated rings. The third-order valence-corrected chi connectivity index (χ3v) is 6.26. The summed E-state index contributed by atoms with van der Waals surface area (Å²) in [5, 5.41) is 17.1. The van der Waals surface area contributed by atoms with Crippen LogP contribution in [0.15, 0.2) is 21.8 Å². The number of thiazole rings is 1. The predicted octanol–water partition coefficient (Wildman–Crippen LogP) is -3.12. The zero-order valence-electron chi connectivity index (χ0n) is 18.5. The Labute approximate surface area is 214 Å². The van der Waals surface area contributed by atoms with Gasteiger partial charge in [0.05, 0.1) is 0 Å². The molecule has 15 heteroatoms. The number of fused-ring (bicyclic) bond motifs is 1. The van der Waals surface area contributed by atoms with Crippen LogP contribution in [0.2, 0.25) is 0 Å². The molecule has 0 radical (unpaired) electrons. The van der Waals surface area contributed by atoms with E-state index in [9.17, 15) is 24.3 Å². The van der Waals surface area contributed by atoms with Gasteiger partial charge >= 0.3 is 41.5 Å². The molecule has 0 unspecified atom stereocenters. The van der Waals surface area contributed by atoms with Crippen LogP contribution < -0.4 is 40.6 Å². The van der Waals surface area contributed by atoms with Crippen LogP contribution in [0.25, 0.3) is 0 Å². The molecule has 1 saturated heterocycles. The maximum atomic E-state index is 12.8. The summed E-state index contributed by atoms with van der Waals surface area (Å²) < 4.78 is 4.89. The average Bonchev–Trinajstić information content (AvgIpc) is 3.15. The van der Waals surface area contributed by atoms with E-state index in [-0.39, 0.29) is 72.2 Å². The fourth-order valence-electron chi connectivity index (χ4n) is 2.92. The van der Waals surface area contributed by atoms with Gasteiger partial charge in [-0.25, -0.2) is 9.78 Å². The number of nitrogens with zero attached hydrogens (tertiary/aromatic N) is 3. The van der Waals surface area contributed by atoms with Crippen LogP contribution in [-0.4, -0.2) is 74.8 Å². The molecule has 32 heavy (non-hydrogen) atoms. The molecule has 1 aromatic heterocycles. The molecule has 3 heterocycles. The number of β-lactam (4-membered cyclic amide) rings is 1. The first kappa shape index (κ1) is 26.1. The topological polar surface area (TPSA) is 174 Å². The van der Waals surface area contributed by atoms with Crippen LogP contribution in [0.3, 0.4) is 0 Å².